The molecule has 1 aromatic carbocycles. The van der Waals surface area contributed by atoms with E-state index in [1.807, 2.05) is 0 Å². The Labute approximate surface area is 81.0 Å². The van der Waals surface area contributed by atoms with Crippen molar-refractivity contribution >= 4 is 11.0 Å². The van der Waals surface area contributed by atoms with Gasteiger partial charge in [0.05, 0.1) is 11.9 Å². The maximum absolute atomic E-state index is 13.0. The number of fused-ring (bicyclic) bond motifs is 1. The molecule has 0 radical (unpaired) electrons. The molecule has 1 heterocycles. The minimum absolute atomic E-state index is 0.329. The van der Waals surface area contributed by atoms with Gasteiger partial charge in [0.1, 0.15) is 11.4 Å². The summed E-state index contributed by atoms with van der Waals surface area (Å²) in [7, 11) is 0. The van der Waals surface area contributed by atoms with Gasteiger partial charge in [-0.3, -0.25) is 0 Å². The van der Waals surface area contributed by atoms with Gasteiger partial charge < -0.3 is 9.52 Å². The SMILES string of the molecule is CC(C)(O)c1coc2ccc(F)cc12. The second-order valence-electron chi connectivity index (χ2n) is 3.85. The Hall–Kier alpha value is -1.35. The molecule has 0 aliphatic heterocycles. The molecule has 0 unspecified atom stereocenters. The Kier molecular flexibility index (Phi) is 1.86. The van der Waals surface area contributed by atoms with Gasteiger partial charge in [-0.25, -0.2) is 4.39 Å². The monoisotopic (exact) mass is 194 g/mol. The smallest absolute Gasteiger partial charge is 0.134 e. The van der Waals surface area contributed by atoms with E-state index in [1.165, 1.54) is 18.4 Å². The Morgan fingerprint density at radius 3 is 2.71 bits per heavy atom. The molecule has 0 atom stereocenters. The van der Waals surface area contributed by atoms with Gasteiger partial charge in [-0.2, -0.15) is 0 Å². The van der Waals surface area contributed by atoms with Crippen molar-refractivity contribution in [3.05, 3.63) is 35.8 Å². The largest absolute Gasteiger partial charge is 0.464 e. The summed E-state index contributed by atoms with van der Waals surface area (Å²) in [5.41, 5.74) is 0.175. The van der Waals surface area contributed by atoms with Gasteiger partial charge in [-0.1, -0.05) is 0 Å². The van der Waals surface area contributed by atoms with E-state index in [4.69, 9.17) is 4.42 Å². The maximum Gasteiger partial charge on any atom is 0.134 e. The summed E-state index contributed by atoms with van der Waals surface area (Å²) in [5.74, 6) is -0.329. The maximum atomic E-state index is 13.0. The van der Waals surface area contributed by atoms with Gasteiger partial charge in [0.25, 0.3) is 0 Å². The van der Waals surface area contributed by atoms with Crippen LogP contribution in [0.1, 0.15) is 19.4 Å². The standard InChI is InChI=1S/C11H11FO2/c1-11(2,13)9-6-14-10-4-3-7(12)5-8(9)10/h3-6,13H,1-2H3. The highest BCUT2D eigenvalue weighted by atomic mass is 19.1. The number of benzene rings is 1. The molecule has 0 spiro atoms. The summed E-state index contributed by atoms with van der Waals surface area (Å²) in [6.45, 7) is 3.28. The van der Waals surface area contributed by atoms with Crippen LogP contribution in [0.3, 0.4) is 0 Å². The van der Waals surface area contributed by atoms with Gasteiger partial charge in [0, 0.05) is 10.9 Å². The highest BCUT2D eigenvalue weighted by Crippen LogP contribution is 2.30. The fourth-order valence-electron chi connectivity index (χ4n) is 1.48. The van der Waals surface area contributed by atoms with Crippen molar-refractivity contribution in [2.45, 2.75) is 19.4 Å². The lowest BCUT2D eigenvalue weighted by Gasteiger charge is -2.14. The van der Waals surface area contributed by atoms with Crippen LogP contribution in [0.2, 0.25) is 0 Å². The van der Waals surface area contributed by atoms with Crippen LogP contribution in [0.15, 0.2) is 28.9 Å². The highest BCUT2D eigenvalue weighted by Gasteiger charge is 2.21. The van der Waals surface area contributed by atoms with Crippen molar-refractivity contribution in [3.8, 4) is 0 Å². The first-order chi connectivity index (χ1) is 6.48. The van der Waals surface area contributed by atoms with E-state index in [1.54, 1.807) is 19.9 Å². The van der Waals surface area contributed by atoms with Crippen LogP contribution in [0.4, 0.5) is 4.39 Å². The van der Waals surface area contributed by atoms with E-state index in [0.717, 1.165) is 0 Å². The van der Waals surface area contributed by atoms with E-state index in [9.17, 15) is 9.50 Å². The first-order valence-electron chi connectivity index (χ1n) is 4.38. The molecule has 0 aliphatic rings. The molecule has 2 rings (SSSR count). The molecule has 0 fully saturated rings. The van der Waals surface area contributed by atoms with Crippen LogP contribution in [0.25, 0.3) is 11.0 Å². The van der Waals surface area contributed by atoms with E-state index in [-0.39, 0.29) is 5.82 Å². The Balaban J connectivity index is 2.73. The molecular formula is C11H11FO2. The van der Waals surface area contributed by atoms with Crippen molar-refractivity contribution < 1.29 is 13.9 Å². The summed E-state index contributed by atoms with van der Waals surface area (Å²) < 4.78 is 18.2. The number of aliphatic hydroxyl groups is 1. The third-order valence-electron chi connectivity index (χ3n) is 2.19. The highest BCUT2D eigenvalue weighted by molar-refractivity contribution is 5.81. The van der Waals surface area contributed by atoms with E-state index in [0.29, 0.717) is 16.5 Å². The van der Waals surface area contributed by atoms with Crippen LogP contribution in [-0.4, -0.2) is 5.11 Å². The van der Waals surface area contributed by atoms with Crippen molar-refractivity contribution in [1.82, 2.24) is 0 Å². The van der Waals surface area contributed by atoms with Crippen LogP contribution in [0, 0.1) is 5.82 Å². The van der Waals surface area contributed by atoms with Crippen LogP contribution in [-0.2, 0) is 5.60 Å². The zero-order valence-electron chi connectivity index (χ0n) is 8.04. The van der Waals surface area contributed by atoms with Gasteiger partial charge in [0.15, 0.2) is 0 Å². The van der Waals surface area contributed by atoms with Gasteiger partial charge >= 0.3 is 0 Å². The first kappa shape index (κ1) is 9.21. The molecule has 0 saturated heterocycles. The van der Waals surface area contributed by atoms with Gasteiger partial charge in [0.2, 0.25) is 0 Å². The molecule has 0 amide bonds. The minimum Gasteiger partial charge on any atom is -0.464 e. The van der Waals surface area contributed by atoms with Gasteiger partial charge in [-0.05, 0) is 32.0 Å². The Bertz CT molecular complexity index is 466. The number of halogens is 1. The molecule has 1 aromatic heterocycles. The zero-order valence-corrected chi connectivity index (χ0v) is 8.04. The third-order valence-corrected chi connectivity index (χ3v) is 2.19. The molecule has 0 aliphatic carbocycles. The number of furan rings is 1. The predicted octanol–water partition coefficient (Wildman–Crippen LogP) is 2.80. The minimum atomic E-state index is -1.01. The molecule has 14 heavy (non-hydrogen) atoms. The third kappa shape index (κ3) is 1.40. The van der Waals surface area contributed by atoms with Crippen molar-refractivity contribution in [3.63, 3.8) is 0 Å². The van der Waals surface area contributed by atoms with Crippen molar-refractivity contribution in [2.24, 2.45) is 0 Å². The molecule has 3 heteroatoms. The molecule has 74 valence electrons. The lowest BCUT2D eigenvalue weighted by atomic mass is 9.98. The topological polar surface area (TPSA) is 33.4 Å². The second kappa shape index (κ2) is 2.82. The van der Waals surface area contributed by atoms with Crippen LogP contribution >= 0.6 is 0 Å². The molecule has 0 bridgehead atoms. The summed E-state index contributed by atoms with van der Waals surface area (Å²) >= 11 is 0. The summed E-state index contributed by atoms with van der Waals surface area (Å²) in [4.78, 5) is 0. The Morgan fingerprint density at radius 2 is 2.07 bits per heavy atom. The number of rotatable bonds is 1. The van der Waals surface area contributed by atoms with Gasteiger partial charge in [-0.15, -0.1) is 0 Å². The average Bonchev–Trinajstić information content (AvgIpc) is 2.45. The lowest BCUT2D eigenvalue weighted by Crippen LogP contribution is -2.14. The van der Waals surface area contributed by atoms with E-state index >= 15 is 0 Å². The normalized spacial score (nSPS) is 12.3. The molecule has 0 saturated carbocycles. The van der Waals surface area contributed by atoms with E-state index < -0.39 is 5.60 Å². The molecule has 2 aromatic rings. The molecule has 2 nitrogen and oxygen atoms in total. The fourth-order valence-corrected chi connectivity index (χ4v) is 1.48. The summed E-state index contributed by atoms with van der Waals surface area (Å²) in [5, 5.41) is 10.4. The van der Waals surface area contributed by atoms with Crippen LogP contribution in [0.5, 0.6) is 0 Å². The predicted molar refractivity (Wildman–Crippen MR) is 51.4 cm³/mol. The summed E-state index contributed by atoms with van der Waals surface area (Å²) in [6, 6.07) is 4.26. The number of hydrogen-bond acceptors (Lipinski definition) is 2. The zero-order chi connectivity index (χ0) is 10.3. The van der Waals surface area contributed by atoms with Crippen molar-refractivity contribution in [2.75, 3.05) is 0 Å². The fraction of sp³-hybridized carbons (Fsp3) is 0.273. The van der Waals surface area contributed by atoms with Crippen molar-refractivity contribution in [1.29, 1.82) is 0 Å². The quantitative estimate of drug-likeness (QED) is 0.757. The first-order valence-corrected chi connectivity index (χ1v) is 4.38. The average molecular weight is 194 g/mol. The second-order valence-corrected chi connectivity index (χ2v) is 3.85. The Morgan fingerprint density at radius 1 is 1.36 bits per heavy atom. The number of hydrogen-bond donors (Lipinski definition) is 1. The molecular weight excluding hydrogens is 183 g/mol. The van der Waals surface area contributed by atoms with E-state index in [2.05, 4.69) is 0 Å². The lowest BCUT2D eigenvalue weighted by molar-refractivity contribution is 0.0792. The molecule has 1 N–H and O–H groups in total. The van der Waals surface area contributed by atoms with Crippen LogP contribution < -0.4 is 0 Å². The summed E-state index contributed by atoms with van der Waals surface area (Å²) in [6.07, 6.45) is 1.46.